The fraction of sp³-hybridized carbons (Fsp3) is 1.00. The Labute approximate surface area is 98.1 Å². The first-order valence-electron chi connectivity index (χ1n) is 6.48. The van der Waals surface area contributed by atoms with E-state index in [9.17, 15) is 0 Å². The van der Waals surface area contributed by atoms with E-state index in [0.29, 0.717) is 12.0 Å². The molecule has 0 aromatic rings. The molecule has 0 radical (unpaired) electrons. The highest BCUT2D eigenvalue weighted by molar-refractivity contribution is 4.83. The lowest BCUT2D eigenvalue weighted by Gasteiger charge is -2.31. The van der Waals surface area contributed by atoms with Crippen LogP contribution >= 0.6 is 0 Å². The highest BCUT2D eigenvalue weighted by Crippen LogP contribution is 2.20. The van der Waals surface area contributed by atoms with Gasteiger partial charge in [0.2, 0.25) is 0 Å². The van der Waals surface area contributed by atoms with Crippen molar-refractivity contribution in [1.82, 2.24) is 10.6 Å². The van der Waals surface area contributed by atoms with E-state index >= 15 is 0 Å². The van der Waals surface area contributed by atoms with Crippen molar-refractivity contribution in [2.45, 2.75) is 51.5 Å². The molecule has 2 aliphatic heterocycles. The number of nitrogens with one attached hydrogen (secondary N) is 2. The summed E-state index contributed by atoms with van der Waals surface area (Å²) < 4.78 is 11.6. The third kappa shape index (κ3) is 3.17. The van der Waals surface area contributed by atoms with Crippen LogP contribution in [0.1, 0.15) is 33.1 Å². The van der Waals surface area contributed by atoms with Gasteiger partial charge in [-0.2, -0.15) is 0 Å². The molecule has 0 spiro atoms. The van der Waals surface area contributed by atoms with Crippen LogP contribution < -0.4 is 10.6 Å². The van der Waals surface area contributed by atoms with Gasteiger partial charge in [0.05, 0.1) is 6.10 Å². The molecule has 2 heterocycles. The van der Waals surface area contributed by atoms with Gasteiger partial charge in [-0.1, -0.05) is 6.92 Å². The van der Waals surface area contributed by atoms with Gasteiger partial charge in [-0.05, 0) is 32.1 Å². The molecular formula is C12H24N2O2. The SMILES string of the molecule is CC(OC1CCCCO1)C(C)C1CNCN1. The molecule has 2 fully saturated rings. The average molecular weight is 228 g/mol. The van der Waals surface area contributed by atoms with Crippen LogP contribution in [0.5, 0.6) is 0 Å². The molecule has 0 saturated carbocycles. The molecule has 0 aromatic heterocycles. The Hall–Kier alpha value is -0.160. The van der Waals surface area contributed by atoms with Crippen molar-refractivity contribution in [3.63, 3.8) is 0 Å². The fourth-order valence-corrected chi connectivity index (χ4v) is 2.38. The second kappa shape index (κ2) is 5.96. The van der Waals surface area contributed by atoms with Crippen LogP contribution in [0.2, 0.25) is 0 Å². The van der Waals surface area contributed by atoms with Crippen LogP contribution in [0.15, 0.2) is 0 Å². The zero-order valence-electron chi connectivity index (χ0n) is 10.4. The molecule has 94 valence electrons. The van der Waals surface area contributed by atoms with E-state index in [2.05, 4.69) is 24.5 Å². The lowest BCUT2D eigenvalue weighted by Crippen LogP contribution is -2.40. The van der Waals surface area contributed by atoms with E-state index < -0.39 is 0 Å². The van der Waals surface area contributed by atoms with E-state index in [-0.39, 0.29) is 12.4 Å². The van der Waals surface area contributed by atoms with Crippen molar-refractivity contribution in [2.24, 2.45) is 5.92 Å². The summed E-state index contributed by atoms with van der Waals surface area (Å²) in [5.41, 5.74) is 0. The summed E-state index contributed by atoms with van der Waals surface area (Å²) in [4.78, 5) is 0. The first-order chi connectivity index (χ1) is 7.77. The maximum absolute atomic E-state index is 5.98. The Morgan fingerprint density at radius 3 is 2.81 bits per heavy atom. The van der Waals surface area contributed by atoms with Gasteiger partial charge in [-0.3, -0.25) is 0 Å². The topological polar surface area (TPSA) is 42.5 Å². The minimum absolute atomic E-state index is 0.0283. The Balaban J connectivity index is 1.74. The quantitative estimate of drug-likeness (QED) is 0.755. The molecule has 2 aliphatic rings. The van der Waals surface area contributed by atoms with Gasteiger partial charge >= 0.3 is 0 Å². The summed E-state index contributed by atoms with van der Waals surface area (Å²) in [5.74, 6) is 0.514. The predicted molar refractivity (Wildman–Crippen MR) is 63.1 cm³/mol. The summed E-state index contributed by atoms with van der Waals surface area (Å²) in [5, 5.41) is 6.76. The molecule has 4 atom stereocenters. The van der Waals surface area contributed by atoms with E-state index in [4.69, 9.17) is 9.47 Å². The van der Waals surface area contributed by atoms with Gasteiger partial charge in [0, 0.05) is 25.9 Å². The van der Waals surface area contributed by atoms with Gasteiger partial charge < -0.3 is 20.1 Å². The molecule has 2 rings (SSSR count). The van der Waals surface area contributed by atoms with Gasteiger partial charge in [-0.15, -0.1) is 0 Å². The summed E-state index contributed by atoms with van der Waals surface area (Å²) in [7, 11) is 0. The Bertz CT molecular complexity index is 201. The van der Waals surface area contributed by atoms with Crippen LogP contribution in [0.4, 0.5) is 0 Å². The van der Waals surface area contributed by atoms with E-state index in [1.54, 1.807) is 0 Å². The maximum atomic E-state index is 5.98. The summed E-state index contributed by atoms with van der Waals surface area (Å²) in [6.45, 7) is 7.22. The van der Waals surface area contributed by atoms with Crippen LogP contribution in [0, 0.1) is 5.92 Å². The van der Waals surface area contributed by atoms with Crippen LogP contribution in [-0.4, -0.2) is 38.3 Å². The lowest BCUT2D eigenvalue weighted by atomic mass is 9.97. The largest absolute Gasteiger partial charge is 0.353 e. The fourth-order valence-electron chi connectivity index (χ4n) is 2.38. The van der Waals surface area contributed by atoms with Crippen LogP contribution in [0.25, 0.3) is 0 Å². The first-order valence-corrected chi connectivity index (χ1v) is 6.48. The summed E-state index contributed by atoms with van der Waals surface area (Å²) in [6.07, 6.45) is 3.74. The van der Waals surface area contributed by atoms with Crippen molar-refractivity contribution in [3.05, 3.63) is 0 Å². The summed E-state index contributed by atoms with van der Waals surface area (Å²) >= 11 is 0. The summed E-state index contributed by atoms with van der Waals surface area (Å²) in [6, 6.07) is 0.526. The molecule has 0 bridgehead atoms. The number of hydrogen-bond acceptors (Lipinski definition) is 4. The monoisotopic (exact) mass is 228 g/mol. The third-order valence-electron chi connectivity index (χ3n) is 3.73. The maximum Gasteiger partial charge on any atom is 0.157 e. The van der Waals surface area contributed by atoms with Crippen molar-refractivity contribution < 1.29 is 9.47 Å². The lowest BCUT2D eigenvalue weighted by molar-refractivity contribution is -0.194. The van der Waals surface area contributed by atoms with E-state index in [0.717, 1.165) is 26.2 Å². The number of rotatable bonds is 4. The molecule has 0 aromatic carbocycles. The molecule has 0 amide bonds. The van der Waals surface area contributed by atoms with Crippen LogP contribution in [0.3, 0.4) is 0 Å². The number of ether oxygens (including phenoxy) is 2. The molecular weight excluding hydrogens is 204 g/mol. The van der Waals surface area contributed by atoms with Crippen molar-refractivity contribution in [1.29, 1.82) is 0 Å². The third-order valence-corrected chi connectivity index (χ3v) is 3.73. The molecule has 16 heavy (non-hydrogen) atoms. The second-order valence-corrected chi connectivity index (χ2v) is 4.94. The molecule has 4 heteroatoms. The zero-order valence-corrected chi connectivity index (χ0v) is 10.4. The Morgan fingerprint density at radius 2 is 2.19 bits per heavy atom. The first kappa shape index (κ1) is 12.3. The Morgan fingerprint density at radius 1 is 1.31 bits per heavy atom. The minimum atomic E-state index is 0.0283. The normalized spacial score (nSPS) is 34.9. The van der Waals surface area contributed by atoms with Gasteiger partial charge in [0.15, 0.2) is 6.29 Å². The van der Waals surface area contributed by atoms with Gasteiger partial charge in [0.25, 0.3) is 0 Å². The van der Waals surface area contributed by atoms with E-state index in [1.165, 1.54) is 12.8 Å². The Kier molecular flexibility index (Phi) is 4.58. The average Bonchev–Trinajstić information content (AvgIpc) is 2.83. The standard InChI is InChI=1S/C12H24N2O2/c1-9(11-7-13-8-14-11)10(2)16-12-5-3-4-6-15-12/h9-14H,3-8H2,1-2H3. The van der Waals surface area contributed by atoms with Crippen LogP contribution in [-0.2, 0) is 9.47 Å². The molecule has 2 N–H and O–H groups in total. The van der Waals surface area contributed by atoms with E-state index in [1.807, 2.05) is 0 Å². The zero-order chi connectivity index (χ0) is 11.4. The van der Waals surface area contributed by atoms with Crippen molar-refractivity contribution in [2.75, 3.05) is 19.8 Å². The molecule has 4 nitrogen and oxygen atoms in total. The highest BCUT2D eigenvalue weighted by Gasteiger charge is 2.28. The second-order valence-electron chi connectivity index (χ2n) is 4.94. The molecule has 0 aliphatic carbocycles. The minimum Gasteiger partial charge on any atom is -0.353 e. The van der Waals surface area contributed by atoms with Gasteiger partial charge in [-0.25, -0.2) is 0 Å². The van der Waals surface area contributed by atoms with Crippen molar-refractivity contribution >= 4 is 0 Å². The highest BCUT2D eigenvalue weighted by atomic mass is 16.7. The number of hydrogen-bond donors (Lipinski definition) is 2. The smallest absolute Gasteiger partial charge is 0.157 e. The van der Waals surface area contributed by atoms with Gasteiger partial charge in [0.1, 0.15) is 0 Å². The van der Waals surface area contributed by atoms with Crippen molar-refractivity contribution in [3.8, 4) is 0 Å². The molecule has 2 saturated heterocycles. The predicted octanol–water partition coefficient (Wildman–Crippen LogP) is 1.07. The molecule has 4 unspecified atom stereocenters.